The second-order valence-electron chi connectivity index (χ2n) is 5.96. The van der Waals surface area contributed by atoms with E-state index in [1.165, 1.54) is 17.3 Å². The van der Waals surface area contributed by atoms with Crippen molar-refractivity contribution in [1.82, 2.24) is 20.1 Å². The second kappa shape index (κ2) is 9.80. The van der Waals surface area contributed by atoms with Crippen LogP contribution in [0.2, 0.25) is 0 Å². The number of thioether (sulfide) groups is 1. The van der Waals surface area contributed by atoms with E-state index in [9.17, 15) is 4.79 Å². The third-order valence-corrected chi connectivity index (χ3v) is 4.85. The molecule has 1 amide bonds. The van der Waals surface area contributed by atoms with E-state index < -0.39 is 0 Å². The first-order chi connectivity index (χ1) is 13.7. The highest BCUT2D eigenvalue weighted by atomic mass is 32.2. The first-order valence-electron chi connectivity index (χ1n) is 8.80. The molecule has 8 heteroatoms. The number of hydrogen-bond donors (Lipinski definition) is 1. The Labute approximate surface area is 168 Å². The van der Waals surface area contributed by atoms with Crippen molar-refractivity contribution in [2.24, 2.45) is 0 Å². The summed E-state index contributed by atoms with van der Waals surface area (Å²) in [5.74, 6) is 1.48. The van der Waals surface area contributed by atoms with E-state index in [0.29, 0.717) is 29.8 Å². The lowest BCUT2D eigenvalue weighted by Crippen LogP contribution is -2.29. The monoisotopic (exact) mass is 398 g/mol. The molecule has 0 saturated heterocycles. The molecule has 7 nitrogen and oxygen atoms in total. The van der Waals surface area contributed by atoms with Gasteiger partial charge in [0.1, 0.15) is 12.9 Å². The minimum atomic E-state index is -0.0907. The molecule has 0 bridgehead atoms. The van der Waals surface area contributed by atoms with E-state index in [4.69, 9.17) is 9.47 Å². The summed E-state index contributed by atoms with van der Waals surface area (Å²) >= 11 is 1.34. The van der Waals surface area contributed by atoms with Gasteiger partial charge in [-0.15, -0.1) is 10.2 Å². The van der Waals surface area contributed by atoms with Crippen molar-refractivity contribution in [3.63, 3.8) is 0 Å². The number of aryl methyl sites for hydroxylation is 1. The summed E-state index contributed by atoms with van der Waals surface area (Å²) < 4.78 is 12.7. The van der Waals surface area contributed by atoms with Crippen LogP contribution in [0.1, 0.15) is 5.56 Å². The molecular weight excluding hydrogens is 376 g/mol. The van der Waals surface area contributed by atoms with Crippen molar-refractivity contribution in [1.29, 1.82) is 0 Å². The van der Waals surface area contributed by atoms with Gasteiger partial charge in [-0.3, -0.25) is 9.36 Å². The van der Waals surface area contributed by atoms with Gasteiger partial charge >= 0.3 is 0 Å². The van der Waals surface area contributed by atoms with Gasteiger partial charge in [-0.1, -0.05) is 41.6 Å². The molecule has 0 radical (unpaired) electrons. The highest BCUT2D eigenvalue weighted by molar-refractivity contribution is 7.99. The number of nitrogens with one attached hydrogen (secondary N) is 1. The van der Waals surface area contributed by atoms with Crippen LogP contribution in [0.25, 0.3) is 5.69 Å². The average Bonchev–Trinajstić information content (AvgIpc) is 3.19. The van der Waals surface area contributed by atoms with E-state index in [2.05, 4.69) is 15.5 Å². The van der Waals surface area contributed by atoms with Crippen molar-refractivity contribution in [3.05, 3.63) is 60.4 Å². The summed E-state index contributed by atoms with van der Waals surface area (Å²) in [7, 11) is 1.59. The lowest BCUT2D eigenvalue weighted by Gasteiger charge is -2.11. The predicted molar refractivity (Wildman–Crippen MR) is 108 cm³/mol. The Hall–Kier alpha value is -3.00. The summed E-state index contributed by atoms with van der Waals surface area (Å²) in [5.41, 5.74) is 2.14. The molecule has 146 valence electrons. The fourth-order valence-electron chi connectivity index (χ4n) is 2.48. The Bertz CT molecular complexity index is 912. The summed E-state index contributed by atoms with van der Waals surface area (Å²) in [5, 5.41) is 11.6. The lowest BCUT2D eigenvalue weighted by atomic mass is 10.2. The van der Waals surface area contributed by atoms with Crippen LogP contribution in [-0.2, 0) is 4.79 Å². The lowest BCUT2D eigenvalue weighted by molar-refractivity contribution is -0.118. The van der Waals surface area contributed by atoms with Crippen LogP contribution < -0.4 is 14.8 Å². The molecule has 0 saturated carbocycles. The van der Waals surface area contributed by atoms with Crippen molar-refractivity contribution in [2.45, 2.75) is 12.1 Å². The zero-order valence-electron chi connectivity index (χ0n) is 15.8. The predicted octanol–water partition coefficient (Wildman–Crippen LogP) is 2.87. The molecule has 1 heterocycles. The Balaban J connectivity index is 1.44. The SMILES string of the molecule is COc1ccccc1OCCNC(=O)CSc1nncn1-c1ccc(C)cc1. The maximum Gasteiger partial charge on any atom is 0.230 e. The molecule has 0 fully saturated rings. The van der Waals surface area contributed by atoms with Gasteiger partial charge in [0, 0.05) is 5.69 Å². The van der Waals surface area contributed by atoms with E-state index in [1.54, 1.807) is 13.4 Å². The number of ether oxygens (including phenoxy) is 2. The fourth-order valence-corrected chi connectivity index (χ4v) is 3.23. The zero-order chi connectivity index (χ0) is 19.8. The number of carbonyl (C=O) groups excluding carboxylic acids is 1. The van der Waals surface area contributed by atoms with Crippen molar-refractivity contribution in [3.8, 4) is 17.2 Å². The largest absolute Gasteiger partial charge is 0.493 e. The van der Waals surface area contributed by atoms with Gasteiger partial charge in [0.15, 0.2) is 16.7 Å². The van der Waals surface area contributed by atoms with Crippen LogP contribution in [-0.4, -0.2) is 46.7 Å². The number of benzene rings is 2. The number of nitrogens with zero attached hydrogens (tertiary/aromatic N) is 3. The van der Waals surface area contributed by atoms with Gasteiger partial charge < -0.3 is 14.8 Å². The molecule has 0 aliphatic rings. The van der Waals surface area contributed by atoms with Crippen molar-refractivity contribution in [2.75, 3.05) is 26.0 Å². The summed E-state index contributed by atoms with van der Waals surface area (Å²) in [6, 6.07) is 15.5. The number of methoxy groups -OCH3 is 1. The number of rotatable bonds is 9. The topological polar surface area (TPSA) is 78.3 Å². The van der Waals surface area contributed by atoms with Gasteiger partial charge in [0.25, 0.3) is 0 Å². The van der Waals surface area contributed by atoms with E-state index >= 15 is 0 Å². The average molecular weight is 398 g/mol. The maximum absolute atomic E-state index is 12.1. The van der Waals surface area contributed by atoms with E-state index in [0.717, 1.165) is 5.69 Å². The number of hydrogen-bond acceptors (Lipinski definition) is 6. The Morgan fingerprint density at radius 3 is 2.64 bits per heavy atom. The highest BCUT2D eigenvalue weighted by Crippen LogP contribution is 2.25. The Kier molecular flexibility index (Phi) is 6.91. The van der Waals surface area contributed by atoms with Crippen LogP contribution in [0, 0.1) is 6.92 Å². The molecule has 28 heavy (non-hydrogen) atoms. The van der Waals surface area contributed by atoms with E-state index in [-0.39, 0.29) is 11.7 Å². The first kappa shape index (κ1) is 19.8. The fraction of sp³-hybridized carbons (Fsp3) is 0.250. The molecule has 0 unspecified atom stereocenters. The molecule has 1 aromatic heterocycles. The Morgan fingerprint density at radius 1 is 1.14 bits per heavy atom. The summed E-state index contributed by atoms with van der Waals surface area (Å²) in [4.78, 5) is 12.1. The normalized spacial score (nSPS) is 10.5. The van der Waals surface area contributed by atoms with Crippen LogP contribution >= 0.6 is 11.8 Å². The molecular formula is C20H22N4O3S. The van der Waals surface area contributed by atoms with E-state index in [1.807, 2.05) is 60.0 Å². The minimum Gasteiger partial charge on any atom is -0.493 e. The van der Waals surface area contributed by atoms with Crippen molar-refractivity contribution < 1.29 is 14.3 Å². The second-order valence-corrected chi connectivity index (χ2v) is 6.90. The van der Waals surface area contributed by atoms with Gasteiger partial charge in [-0.05, 0) is 31.2 Å². The molecule has 1 N–H and O–H groups in total. The third kappa shape index (κ3) is 5.26. The molecule has 2 aromatic carbocycles. The molecule has 0 aliphatic carbocycles. The number of aromatic nitrogens is 3. The Morgan fingerprint density at radius 2 is 1.89 bits per heavy atom. The first-order valence-corrected chi connectivity index (χ1v) is 9.78. The summed E-state index contributed by atoms with van der Waals surface area (Å²) in [6.45, 7) is 2.80. The van der Waals surface area contributed by atoms with Gasteiger partial charge in [0.05, 0.1) is 19.4 Å². The van der Waals surface area contributed by atoms with Crippen LogP contribution in [0.3, 0.4) is 0 Å². The van der Waals surface area contributed by atoms with Gasteiger partial charge in [-0.2, -0.15) is 0 Å². The maximum atomic E-state index is 12.1. The number of para-hydroxylation sites is 2. The molecule has 0 spiro atoms. The zero-order valence-corrected chi connectivity index (χ0v) is 16.6. The smallest absolute Gasteiger partial charge is 0.230 e. The minimum absolute atomic E-state index is 0.0907. The summed E-state index contributed by atoms with van der Waals surface area (Å²) in [6.07, 6.45) is 1.64. The standard InChI is InChI=1S/C20H22N4O3S/c1-15-7-9-16(10-8-15)24-14-22-23-20(24)28-13-19(25)21-11-12-27-18-6-4-3-5-17(18)26-2/h3-10,14H,11-13H2,1-2H3,(H,21,25). The quantitative estimate of drug-likeness (QED) is 0.441. The van der Waals surface area contributed by atoms with Crippen LogP contribution in [0.4, 0.5) is 0 Å². The van der Waals surface area contributed by atoms with Crippen LogP contribution in [0.5, 0.6) is 11.5 Å². The molecule has 0 atom stereocenters. The third-order valence-electron chi connectivity index (χ3n) is 3.91. The van der Waals surface area contributed by atoms with Gasteiger partial charge in [-0.25, -0.2) is 0 Å². The highest BCUT2D eigenvalue weighted by Gasteiger charge is 2.10. The number of amides is 1. The number of carbonyl (C=O) groups is 1. The van der Waals surface area contributed by atoms with Gasteiger partial charge in [0.2, 0.25) is 5.91 Å². The molecule has 3 aromatic rings. The molecule has 3 rings (SSSR count). The van der Waals surface area contributed by atoms with Crippen molar-refractivity contribution >= 4 is 17.7 Å². The molecule has 0 aliphatic heterocycles. The van der Waals surface area contributed by atoms with Crippen LogP contribution in [0.15, 0.2) is 60.0 Å².